The van der Waals surface area contributed by atoms with Gasteiger partial charge in [-0.05, 0) is 24.6 Å². The van der Waals surface area contributed by atoms with E-state index < -0.39 is 0 Å². The zero-order chi connectivity index (χ0) is 12.7. The molecule has 0 spiro atoms. The molecule has 1 N–H and O–H groups in total. The second-order valence-corrected chi connectivity index (χ2v) is 3.90. The lowest BCUT2D eigenvalue weighted by molar-refractivity contribution is 0.0923. The maximum atomic E-state index is 13.2. The van der Waals surface area contributed by atoms with E-state index in [0.29, 0.717) is 36.8 Å². The van der Waals surface area contributed by atoms with Gasteiger partial charge in [-0.2, -0.15) is 0 Å². The summed E-state index contributed by atoms with van der Waals surface area (Å²) in [6, 6.07) is 4.39. The van der Waals surface area contributed by atoms with E-state index in [1.54, 1.807) is 19.1 Å². The molecule has 0 aliphatic rings. The van der Waals surface area contributed by atoms with Crippen LogP contribution < -0.4 is 5.32 Å². The molecule has 0 unspecified atom stereocenters. The number of carbonyl (C=O) groups excluding carboxylic acids is 1. The topological polar surface area (TPSA) is 38.3 Å². The zero-order valence-electron chi connectivity index (χ0n) is 9.63. The molecule has 0 saturated heterocycles. The van der Waals surface area contributed by atoms with Gasteiger partial charge in [0.05, 0.1) is 13.2 Å². The van der Waals surface area contributed by atoms with Gasteiger partial charge in [0.1, 0.15) is 5.82 Å². The second-order valence-electron chi connectivity index (χ2n) is 3.52. The van der Waals surface area contributed by atoms with Gasteiger partial charge in [0, 0.05) is 18.0 Å². The number of alkyl halides is 1. The molecule has 94 valence electrons. The van der Waals surface area contributed by atoms with Crippen molar-refractivity contribution in [2.24, 2.45) is 0 Å². The number of aryl methyl sites for hydroxylation is 1. The van der Waals surface area contributed by atoms with Gasteiger partial charge in [0.25, 0.3) is 5.91 Å². The summed E-state index contributed by atoms with van der Waals surface area (Å²) in [5.41, 5.74) is 0.831. The van der Waals surface area contributed by atoms with Crippen LogP contribution in [0.3, 0.4) is 0 Å². The van der Waals surface area contributed by atoms with E-state index in [-0.39, 0.29) is 11.7 Å². The molecule has 3 nitrogen and oxygen atoms in total. The third-order valence-electron chi connectivity index (χ3n) is 2.19. The van der Waals surface area contributed by atoms with Crippen LogP contribution in [-0.2, 0) is 4.74 Å². The van der Waals surface area contributed by atoms with Crippen molar-refractivity contribution in [3.8, 4) is 0 Å². The minimum absolute atomic E-state index is 0.307. The molecule has 0 fully saturated rings. The highest BCUT2D eigenvalue weighted by Crippen LogP contribution is 2.08. The van der Waals surface area contributed by atoms with Crippen LogP contribution in [0.15, 0.2) is 18.2 Å². The van der Waals surface area contributed by atoms with Crippen LogP contribution in [0.25, 0.3) is 0 Å². The Kier molecular flexibility index (Phi) is 5.94. The van der Waals surface area contributed by atoms with Crippen LogP contribution in [0.1, 0.15) is 15.9 Å². The molecule has 0 aromatic heterocycles. The minimum atomic E-state index is -0.379. The predicted octanol–water partition coefficient (Wildman–Crippen LogP) is 2.12. The summed E-state index contributed by atoms with van der Waals surface area (Å²) >= 11 is 5.42. The fraction of sp³-hybridized carbons (Fsp3) is 0.417. The minimum Gasteiger partial charge on any atom is -0.378 e. The van der Waals surface area contributed by atoms with Crippen LogP contribution in [0.5, 0.6) is 0 Å². The Morgan fingerprint density at radius 3 is 2.88 bits per heavy atom. The smallest absolute Gasteiger partial charge is 0.251 e. The standard InChI is InChI=1S/C12H15ClFNO2/c1-9-2-3-10(8-11(9)14)12(16)15-5-7-17-6-4-13/h2-3,8H,4-7H2,1H3,(H,15,16). The normalized spacial score (nSPS) is 10.3. The van der Waals surface area contributed by atoms with Crippen LogP contribution in [0.4, 0.5) is 4.39 Å². The van der Waals surface area contributed by atoms with Gasteiger partial charge < -0.3 is 10.1 Å². The van der Waals surface area contributed by atoms with Gasteiger partial charge in [-0.15, -0.1) is 11.6 Å². The van der Waals surface area contributed by atoms with Crippen LogP contribution >= 0.6 is 11.6 Å². The van der Waals surface area contributed by atoms with Crippen molar-refractivity contribution in [2.75, 3.05) is 25.6 Å². The van der Waals surface area contributed by atoms with E-state index in [2.05, 4.69) is 5.32 Å². The van der Waals surface area contributed by atoms with Crippen molar-refractivity contribution in [2.45, 2.75) is 6.92 Å². The monoisotopic (exact) mass is 259 g/mol. The lowest BCUT2D eigenvalue weighted by Crippen LogP contribution is -2.27. The number of amides is 1. The molecule has 1 aromatic carbocycles. The van der Waals surface area contributed by atoms with E-state index >= 15 is 0 Å². The van der Waals surface area contributed by atoms with E-state index in [1.807, 2.05) is 0 Å². The van der Waals surface area contributed by atoms with Gasteiger partial charge >= 0.3 is 0 Å². The molecule has 0 atom stereocenters. The molecule has 5 heteroatoms. The van der Waals surface area contributed by atoms with Crippen LogP contribution in [0.2, 0.25) is 0 Å². The Labute approximate surface area is 105 Å². The van der Waals surface area contributed by atoms with E-state index in [0.717, 1.165) is 0 Å². The molecule has 0 bridgehead atoms. The highest BCUT2D eigenvalue weighted by Gasteiger charge is 2.07. The molecular formula is C12H15ClFNO2. The third-order valence-corrected chi connectivity index (χ3v) is 2.34. The highest BCUT2D eigenvalue weighted by molar-refractivity contribution is 6.17. The molecule has 1 rings (SSSR count). The van der Waals surface area contributed by atoms with E-state index in [4.69, 9.17) is 16.3 Å². The molecule has 0 radical (unpaired) electrons. The van der Waals surface area contributed by atoms with E-state index in [9.17, 15) is 9.18 Å². The van der Waals surface area contributed by atoms with Crippen molar-refractivity contribution in [3.05, 3.63) is 35.1 Å². The number of benzene rings is 1. The Morgan fingerprint density at radius 1 is 1.47 bits per heavy atom. The summed E-state index contributed by atoms with van der Waals surface area (Å²) in [7, 11) is 0. The lowest BCUT2D eigenvalue weighted by Gasteiger charge is -2.06. The maximum Gasteiger partial charge on any atom is 0.251 e. The number of hydrogen-bond donors (Lipinski definition) is 1. The first kappa shape index (κ1) is 13.9. The Hall–Kier alpha value is -1.13. The van der Waals surface area contributed by atoms with Crippen molar-refractivity contribution in [1.82, 2.24) is 5.32 Å². The summed E-state index contributed by atoms with van der Waals surface area (Å²) in [5.74, 6) is -0.258. The van der Waals surface area contributed by atoms with Gasteiger partial charge in [0.15, 0.2) is 0 Å². The summed E-state index contributed by atoms with van der Waals surface area (Å²) in [6.07, 6.45) is 0. The number of carbonyl (C=O) groups is 1. The fourth-order valence-electron chi connectivity index (χ4n) is 1.23. The summed E-state index contributed by atoms with van der Waals surface area (Å²) in [6.45, 7) is 2.88. The molecule has 1 aromatic rings. The van der Waals surface area contributed by atoms with Gasteiger partial charge in [-0.3, -0.25) is 4.79 Å². The number of hydrogen-bond acceptors (Lipinski definition) is 2. The average Bonchev–Trinajstić information content (AvgIpc) is 2.32. The van der Waals surface area contributed by atoms with Crippen LogP contribution in [0, 0.1) is 12.7 Å². The SMILES string of the molecule is Cc1ccc(C(=O)NCCOCCCl)cc1F. The Morgan fingerprint density at radius 2 is 2.24 bits per heavy atom. The third kappa shape index (κ3) is 4.71. The summed E-state index contributed by atoms with van der Waals surface area (Å²) in [4.78, 5) is 11.6. The maximum absolute atomic E-state index is 13.2. The van der Waals surface area contributed by atoms with Crippen LogP contribution in [-0.4, -0.2) is 31.5 Å². The fourth-order valence-corrected chi connectivity index (χ4v) is 1.34. The van der Waals surface area contributed by atoms with Crippen molar-refractivity contribution in [3.63, 3.8) is 0 Å². The summed E-state index contributed by atoms with van der Waals surface area (Å²) < 4.78 is 18.3. The van der Waals surface area contributed by atoms with Gasteiger partial charge in [-0.1, -0.05) is 6.07 Å². The number of rotatable bonds is 6. The summed E-state index contributed by atoms with van der Waals surface area (Å²) in [5, 5.41) is 2.63. The first-order valence-corrected chi connectivity index (χ1v) is 5.86. The quantitative estimate of drug-likeness (QED) is 0.628. The Bertz CT molecular complexity index is 385. The molecule has 0 heterocycles. The highest BCUT2D eigenvalue weighted by atomic mass is 35.5. The van der Waals surface area contributed by atoms with Crippen molar-refractivity contribution in [1.29, 1.82) is 0 Å². The molecule has 1 amide bonds. The van der Waals surface area contributed by atoms with Gasteiger partial charge in [-0.25, -0.2) is 4.39 Å². The molecule has 0 aliphatic heterocycles. The second kappa shape index (κ2) is 7.25. The molecule has 0 aliphatic carbocycles. The predicted molar refractivity (Wildman–Crippen MR) is 65.0 cm³/mol. The van der Waals surface area contributed by atoms with Crippen molar-refractivity contribution >= 4 is 17.5 Å². The number of nitrogens with one attached hydrogen (secondary N) is 1. The first-order chi connectivity index (χ1) is 8.15. The van der Waals surface area contributed by atoms with E-state index in [1.165, 1.54) is 6.07 Å². The molecule has 17 heavy (non-hydrogen) atoms. The molecular weight excluding hydrogens is 245 g/mol. The first-order valence-electron chi connectivity index (χ1n) is 5.33. The van der Waals surface area contributed by atoms with Gasteiger partial charge in [0.2, 0.25) is 0 Å². The lowest BCUT2D eigenvalue weighted by atomic mass is 10.1. The average molecular weight is 260 g/mol. The largest absolute Gasteiger partial charge is 0.378 e. The number of halogens is 2. The Balaban J connectivity index is 2.39. The van der Waals surface area contributed by atoms with Crippen molar-refractivity contribution < 1.29 is 13.9 Å². The zero-order valence-corrected chi connectivity index (χ0v) is 10.4. The number of ether oxygens (including phenoxy) is 1. The molecule has 0 saturated carbocycles.